The number of rotatable bonds is 3. The fourth-order valence-electron chi connectivity index (χ4n) is 1.01. The van der Waals surface area contributed by atoms with Crippen LogP contribution in [0, 0.1) is 0 Å². The van der Waals surface area contributed by atoms with E-state index in [1.165, 1.54) is 13.0 Å². The molecule has 0 aliphatic heterocycles. The van der Waals surface area contributed by atoms with Crippen molar-refractivity contribution in [2.75, 3.05) is 11.9 Å². The molecule has 0 bridgehead atoms. The Kier molecular flexibility index (Phi) is 5.24. The van der Waals surface area contributed by atoms with Crippen molar-refractivity contribution in [2.45, 2.75) is 18.9 Å². The zero-order valence-corrected chi connectivity index (χ0v) is 10.9. The summed E-state index contributed by atoms with van der Waals surface area (Å²) in [7, 11) is 0. The molecule has 0 atom stereocenters. The average Bonchev–Trinajstić information content (AvgIpc) is 2.22. The Labute approximate surface area is 108 Å². The molecule has 1 heterocycles. The number of aromatic nitrogens is 1. The lowest BCUT2D eigenvalue weighted by Crippen LogP contribution is -2.08. The van der Waals surface area contributed by atoms with Crippen molar-refractivity contribution in [3.05, 3.63) is 17.3 Å². The Morgan fingerprint density at radius 2 is 2.24 bits per heavy atom. The maximum absolute atomic E-state index is 11.3. The monoisotopic (exact) mass is 274 g/mol. The number of carbonyl (C=O) groups excluding carboxylic acids is 2. The molecule has 5 nitrogen and oxygen atoms in total. The van der Waals surface area contributed by atoms with Gasteiger partial charge >= 0.3 is 5.30 Å². The lowest BCUT2D eigenvalue weighted by molar-refractivity contribution is -0.114. The van der Waals surface area contributed by atoms with Crippen LogP contribution in [0.1, 0.15) is 13.8 Å². The third-order valence-electron chi connectivity index (χ3n) is 1.58. The Bertz CT molecular complexity index is 440. The molecular weight excluding hydrogens is 264 g/mol. The molecule has 1 aromatic rings. The molecular formula is C10H11ClN2O3S. The SMILES string of the molecule is CCOC(=O)Sc1nc(Cl)ccc1NC(C)=O. The summed E-state index contributed by atoms with van der Waals surface area (Å²) in [6.07, 6.45) is 0. The van der Waals surface area contributed by atoms with Gasteiger partial charge < -0.3 is 10.1 Å². The van der Waals surface area contributed by atoms with E-state index in [1.54, 1.807) is 13.0 Å². The molecule has 1 rings (SSSR count). The van der Waals surface area contributed by atoms with E-state index in [2.05, 4.69) is 10.3 Å². The summed E-state index contributed by atoms with van der Waals surface area (Å²) in [6.45, 7) is 3.36. The highest BCUT2D eigenvalue weighted by atomic mass is 35.5. The zero-order chi connectivity index (χ0) is 12.8. The Morgan fingerprint density at radius 1 is 1.53 bits per heavy atom. The van der Waals surface area contributed by atoms with Crippen LogP contribution in [0.25, 0.3) is 0 Å². The van der Waals surface area contributed by atoms with Gasteiger partial charge in [-0.15, -0.1) is 0 Å². The van der Waals surface area contributed by atoms with Crippen molar-refractivity contribution >= 4 is 40.3 Å². The van der Waals surface area contributed by atoms with E-state index in [4.69, 9.17) is 16.3 Å². The average molecular weight is 275 g/mol. The van der Waals surface area contributed by atoms with Crippen LogP contribution in [0.2, 0.25) is 5.15 Å². The van der Waals surface area contributed by atoms with E-state index in [-0.39, 0.29) is 17.7 Å². The van der Waals surface area contributed by atoms with Crippen LogP contribution in [0.3, 0.4) is 0 Å². The summed E-state index contributed by atoms with van der Waals surface area (Å²) < 4.78 is 4.77. The van der Waals surface area contributed by atoms with Crippen LogP contribution in [-0.2, 0) is 9.53 Å². The standard InChI is InChI=1S/C10H11ClN2O3S/c1-3-16-10(15)17-9-7(12-6(2)14)4-5-8(11)13-9/h4-5H,3H2,1-2H3,(H,12,14). The molecule has 17 heavy (non-hydrogen) atoms. The van der Waals surface area contributed by atoms with Gasteiger partial charge in [0, 0.05) is 18.7 Å². The first kappa shape index (κ1) is 13.8. The number of nitrogens with one attached hydrogen (secondary N) is 1. The minimum Gasteiger partial charge on any atom is -0.458 e. The fraction of sp³-hybridized carbons (Fsp3) is 0.300. The van der Waals surface area contributed by atoms with Crippen molar-refractivity contribution in [1.29, 1.82) is 0 Å². The molecule has 7 heteroatoms. The Hall–Kier alpha value is -1.27. The van der Waals surface area contributed by atoms with E-state index in [0.29, 0.717) is 10.7 Å². The normalized spacial score (nSPS) is 9.82. The number of anilines is 1. The maximum Gasteiger partial charge on any atom is 0.373 e. The van der Waals surface area contributed by atoms with Gasteiger partial charge in [0.2, 0.25) is 5.91 Å². The number of carbonyl (C=O) groups is 2. The first-order valence-corrected chi connectivity index (χ1v) is 6.01. The van der Waals surface area contributed by atoms with Crippen LogP contribution < -0.4 is 5.32 Å². The third kappa shape index (κ3) is 4.62. The second kappa shape index (κ2) is 6.46. The second-order valence-corrected chi connectivity index (χ2v) is 4.26. The number of ether oxygens (including phenoxy) is 1. The van der Waals surface area contributed by atoms with Crippen molar-refractivity contribution in [1.82, 2.24) is 4.98 Å². The quantitative estimate of drug-likeness (QED) is 0.521. The summed E-state index contributed by atoms with van der Waals surface area (Å²) in [6, 6.07) is 3.11. The van der Waals surface area contributed by atoms with Gasteiger partial charge in [-0.25, -0.2) is 9.78 Å². The van der Waals surface area contributed by atoms with Crippen LogP contribution in [-0.4, -0.2) is 22.8 Å². The first-order chi connectivity index (χ1) is 8.02. The number of thioether (sulfide) groups is 1. The van der Waals surface area contributed by atoms with E-state index in [9.17, 15) is 9.59 Å². The summed E-state index contributed by atoms with van der Waals surface area (Å²) in [5, 5.41) is 2.62. The highest BCUT2D eigenvalue weighted by Gasteiger charge is 2.13. The molecule has 0 saturated heterocycles. The number of nitrogens with zero attached hydrogens (tertiary/aromatic N) is 1. The molecule has 0 aromatic carbocycles. The van der Waals surface area contributed by atoms with Gasteiger partial charge in [-0.05, 0) is 19.1 Å². The number of pyridine rings is 1. The van der Waals surface area contributed by atoms with Crippen LogP contribution in [0.4, 0.5) is 10.5 Å². The predicted octanol–water partition coefficient (Wildman–Crippen LogP) is 2.94. The summed E-state index contributed by atoms with van der Waals surface area (Å²) in [4.78, 5) is 26.2. The third-order valence-corrected chi connectivity index (χ3v) is 2.58. The van der Waals surface area contributed by atoms with Gasteiger partial charge in [0.25, 0.3) is 0 Å². The highest BCUT2D eigenvalue weighted by molar-refractivity contribution is 8.13. The predicted molar refractivity (Wildman–Crippen MR) is 66.4 cm³/mol. The van der Waals surface area contributed by atoms with Gasteiger partial charge in [-0.2, -0.15) is 0 Å². The van der Waals surface area contributed by atoms with Crippen molar-refractivity contribution < 1.29 is 14.3 Å². The van der Waals surface area contributed by atoms with Gasteiger partial charge in [0.1, 0.15) is 10.2 Å². The second-order valence-electron chi connectivity index (χ2n) is 2.95. The smallest absolute Gasteiger partial charge is 0.373 e. The molecule has 0 aliphatic carbocycles. The van der Waals surface area contributed by atoms with Gasteiger partial charge in [0.15, 0.2) is 0 Å². The van der Waals surface area contributed by atoms with Crippen LogP contribution in [0.5, 0.6) is 0 Å². The number of amides is 1. The number of hydrogen-bond acceptors (Lipinski definition) is 5. The minimum absolute atomic E-state index is 0.242. The molecule has 0 fully saturated rings. The number of halogens is 1. The van der Waals surface area contributed by atoms with E-state index in [1.807, 2.05) is 0 Å². The Morgan fingerprint density at radius 3 is 2.82 bits per heavy atom. The number of hydrogen-bond donors (Lipinski definition) is 1. The molecule has 0 radical (unpaired) electrons. The lowest BCUT2D eigenvalue weighted by Gasteiger charge is -2.08. The Balaban J connectivity index is 2.90. The summed E-state index contributed by atoms with van der Waals surface area (Å²) in [5.41, 5.74) is 0.431. The van der Waals surface area contributed by atoms with Gasteiger partial charge in [0.05, 0.1) is 12.3 Å². The molecule has 0 unspecified atom stereocenters. The molecule has 0 saturated carbocycles. The first-order valence-electron chi connectivity index (χ1n) is 4.81. The van der Waals surface area contributed by atoms with E-state index in [0.717, 1.165) is 11.8 Å². The van der Waals surface area contributed by atoms with Crippen molar-refractivity contribution in [3.63, 3.8) is 0 Å². The van der Waals surface area contributed by atoms with Gasteiger partial charge in [-0.1, -0.05) is 11.6 Å². The van der Waals surface area contributed by atoms with E-state index >= 15 is 0 Å². The minimum atomic E-state index is -0.492. The van der Waals surface area contributed by atoms with Crippen LogP contribution >= 0.6 is 23.4 Å². The molecule has 0 aliphatic rings. The van der Waals surface area contributed by atoms with Crippen molar-refractivity contribution in [3.8, 4) is 0 Å². The summed E-state index contributed by atoms with van der Waals surface area (Å²) in [5.74, 6) is -0.250. The van der Waals surface area contributed by atoms with Crippen molar-refractivity contribution in [2.24, 2.45) is 0 Å². The molecule has 0 spiro atoms. The molecule has 1 aromatic heterocycles. The lowest BCUT2D eigenvalue weighted by atomic mass is 10.4. The molecule has 1 N–H and O–H groups in total. The summed E-state index contributed by atoms with van der Waals surface area (Å²) >= 11 is 6.50. The highest BCUT2D eigenvalue weighted by Crippen LogP contribution is 2.28. The fourth-order valence-corrected chi connectivity index (χ4v) is 1.91. The van der Waals surface area contributed by atoms with Crippen LogP contribution in [0.15, 0.2) is 17.2 Å². The van der Waals surface area contributed by atoms with Gasteiger partial charge in [-0.3, -0.25) is 4.79 Å². The van der Waals surface area contributed by atoms with E-state index < -0.39 is 5.30 Å². The largest absolute Gasteiger partial charge is 0.458 e. The zero-order valence-electron chi connectivity index (χ0n) is 9.32. The topological polar surface area (TPSA) is 68.3 Å². The molecule has 1 amide bonds. The molecule has 92 valence electrons. The maximum atomic E-state index is 11.3.